The lowest BCUT2D eigenvalue weighted by Gasteiger charge is -2.41. The molecule has 8 atom stereocenters. The van der Waals surface area contributed by atoms with Gasteiger partial charge in [-0.2, -0.15) is 4.31 Å². The molecule has 0 radical (unpaired) electrons. The van der Waals surface area contributed by atoms with Crippen LogP contribution < -0.4 is 11.5 Å². The first kappa shape index (κ1) is 43.7. The van der Waals surface area contributed by atoms with E-state index >= 15 is 0 Å². The van der Waals surface area contributed by atoms with E-state index in [0.717, 1.165) is 13.8 Å². The molecule has 0 aromatic rings. The third kappa shape index (κ3) is 17.1. The summed E-state index contributed by atoms with van der Waals surface area (Å²) in [6, 6.07) is -3.70. The number of nitrogens with zero attached hydrogens (tertiary/aromatic N) is 1. The molecule has 2 amide bonds. The molecule has 23 nitrogen and oxygen atoms in total. The van der Waals surface area contributed by atoms with Crippen molar-refractivity contribution >= 4 is 45.4 Å². The number of aliphatic hydroxyl groups is 3. The second kappa shape index (κ2) is 19.1. The maximum Gasteiger partial charge on any atom is 0.478 e. The van der Waals surface area contributed by atoms with Gasteiger partial charge in [-0.15, -0.1) is 0 Å². The summed E-state index contributed by atoms with van der Waals surface area (Å²) in [4.78, 5) is 86.5. The molecule has 1 aliphatic heterocycles. The normalized spacial score (nSPS) is 23.8. The lowest BCUT2D eigenvalue weighted by molar-refractivity contribution is -0.262. The van der Waals surface area contributed by atoms with Gasteiger partial charge in [-0.05, 0) is 20.3 Å². The number of carboxylic acids is 3. The van der Waals surface area contributed by atoms with E-state index in [1.165, 1.54) is 6.92 Å². The van der Waals surface area contributed by atoms with Crippen LogP contribution in [-0.4, -0.2) is 140 Å². The number of hydrogen-bond donors (Lipinski definition) is 12. The molecule has 14 N–H and O–H groups in total. The van der Waals surface area contributed by atoms with Crippen LogP contribution in [0.5, 0.6) is 0 Å². The van der Waals surface area contributed by atoms with E-state index in [-0.39, 0.29) is 12.8 Å². The summed E-state index contributed by atoms with van der Waals surface area (Å²) in [6.07, 6.45) is -7.02. The zero-order valence-corrected chi connectivity index (χ0v) is 25.1. The molecule has 0 bridgehead atoms. The molecule has 258 valence electrons. The van der Waals surface area contributed by atoms with Gasteiger partial charge in [0.1, 0.15) is 36.5 Å². The average Bonchev–Trinajstić information content (AvgIpc) is 2.85. The number of carbonyl (C=O) groups is 5. The van der Waals surface area contributed by atoms with Crippen molar-refractivity contribution in [1.29, 1.82) is 0 Å². The van der Waals surface area contributed by atoms with Crippen LogP contribution in [0.15, 0.2) is 0 Å². The van der Waals surface area contributed by atoms with E-state index in [1.54, 1.807) is 0 Å². The van der Waals surface area contributed by atoms with Crippen LogP contribution in [0.1, 0.15) is 33.6 Å². The minimum atomic E-state index is -5.05. The van der Waals surface area contributed by atoms with Crippen molar-refractivity contribution in [3.63, 3.8) is 0 Å². The van der Waals surface area contributed by atoms with E-state index in [2.05, 4.69) is 4.31 Å². The van der Waals surface area contributed by atoms with Crippen molar-refractivity contribution in [1.82, 2.24) is 4.90 Å². The Kier molecular flexibility index (Phi) is 19.0. The van der Waals surface area contributed by atoms with Gasteiger partial charge in [-0.1, -0.05) is 0 Å². The number of aliphatic carboxylic acids is 3. The molecular formula is C19H37N3O20P2. The second-order valence-electron chi connectivity index (χ2n) is 8.74. The van der Waals surface area contributed by atoms with Gasteiger partial charge in [-0.3, -0.25) is 24.1 Å². The minimum absolute atomic E-state index is 0.0231. The first-order chi connectivity index (χ1) is 19.8. The second-order valence-corrected chi connectivity index (χ2v) is 11.4. The zero-order chi connectivity index (χ0) is 35.3. The van der Waals surface area contributed by atoms with Crippen LogP contribution in [0, 0.1) is 0 Å². The van der Waals surface area contributed by atoms with Gasteiger partial charge in [0.05, 0.1) is 12.6 Å². The number of phosphoric acid groups is 2. The Morgan fingerprint density at radius 3 is 1.75 bits per heavy atom. The van der Waals surface area contributed by atoms with Crippen LogP contribution in [0.3, 0.4) is 0 Å². The van der Waals surface area contributed by atoms with Gasteiger partial charge in [0, 0.05) is 13.3 Å². The fraction of sp³-hybridized carbons (Fsp3) is 0.737. The molecule has 1 heterocycles. The summed E-state index contributed by atoms with van der Waals surface area (Å²) in [5.41, 5.74) is 10.7. The molecule has 0 aromatic heterocycles. The van der Waals surface area contributed by atoms with Crippen molar-refractivity contribution in [2.45, 2.75) is 82.4 Å². The Morgan fingerprint density at radius 2 is 1.43 bits per heavy atom. The molecule has 0 aliphatic carbocycles. The summed E-state index contributed by atoms with van der Waals surface area (Å²) in [5.74, 6) is -5.31. The number of ether oxygens (including phenoxy) is 2. The number of amides is 2. The molecule has 1 saturated heterocycles. The van der Waals surface area contributed by atoms with Gasteiger partial charge in [0.2, 0.25) is 5.91 Å². The standard InChI is InChI=1S/C14H24N2O9.C5H9NO4.H4O7P2/c1-5(13(21)22)16(7(3)18)12(20)6(2)24-11-9(15)14(23)25-8(4-17)10(11)19;6-3(5(9)10)1-2-4(7)8;1-8(2,3)7-9(4,5)6/h5-6,8-11,14,17,19,23H,4,15H2,1-3H3,(H,21,22);3H,1-2,6H2,(H,7,8)(H,9,10);(H2,1,2,3)(H2,4,5,6)/t5-,6?,8+,9+,10+,11+,14-;3-;/m01./s1. The predicted octanol–water partition coefficient (Wildman–Crippen LogP) is -4.54. The number of hydrogen-bond acceptors (Lipinski definition) is 15. The van der Waals surface area contributed by atoms with Crippen LogP contribution in [0.25, 0.3) is 0 Å². The molecule has 1 rings (SSSR count). The number of carbonyl (C=O) groups excluding carboxylic acids is 2. The highest BCUT2D eigenvalue weighted by Crippen LogP contribution is 2.53. The number of carboxylic acid groups (broad SMARTS) is 3. The van der Waals surface area contributed by atoms with Gasteiger partial charge in [0.15, 0.2) is 6.29 Å². The highest BCUT2D eigenvalue weighted by molar-refractivity contribution is 7.60. The molecule has 44 heavy (non-hydrogen) atoms. The third-order valence-electron chi connectivity index (χ3n) is 5.15. The highest BCUT2D eigenvalue weighted by atomic mass is 31.3. The molecule has 0 spiro atoms. The molecule has 1 aliphatic rings. The summed E-state index contributed by atoms with van der Waals surface area (Å²) in [6.45, 7) is 2.82. The molecule has 1 unspecified atom stereocenters. The lowest BCUT2D eigenvalue weighted by Crippen LogP contribution is -2.64. The number of rotatable bonds is 12. The first-order valence-corrected chi connectivity index (χ1v) is 15.0. The highest BCUT2D eigenvalue weighted by Gasteiger charge is 2.45. The van der Waals surface area contributed by atoms with Crippen LogP contribution in [0.2, 0.25) is 0 Å². The van der Waals surface area contributed by atoms with Crippen LogP contribution in [-0.2, 0) is 46.9 Å². The third-order valence-corrected chi connectivity index (χ3v) is 6.85. The average molecular weight is 689 g/mol. The minimum Gasteiger partial charge on any atom is -0.481 e. The summed E-state index contributed by atoms with van der Waals surface area (Å²) in [7, 11) is -10.1. The molecular weight excluding hydrogens is 652 g/mol. The molecule has 1 fully saturated rings. The molecule has 0 aromatic carbocycles. The topological polar surface area (TPSA) is 405 Å². The number of imide groups is 1. The zero-order valence-electron chi connectivity index (χ0n) is 23.3. The van der Waals surface area contributed by atoms with E-state index < -0.39 is 101 Å². The molecule has 25 heteroatoms. The predicted molar refractivity (Wildman–Crippen MR) is 139 cm³/mol. The maximum atomic E-state index is 12.4. The van der Waals surface area contributed by atoms with Crippen molar-refractivity contribution in [3.8, 4) is 0 Å². The van der Waals surface area contributed by atoms with Crippen molar-refractivity contribution in [2.24, 2.45) is 11.5 Å². The Morgan fingerprint density at radius 1 is 0.955 bits per heavy atom. The summed E-state index contributed by atoms with van der Waals surface area (Å²) in [5, 5.41) is 54.2. The molecule has 0 saturated carbocycles. The Hall–Kier alpha value is -2.47. The van der Waals surface area contributed by atoms with Gasteiger partial charge in [0.25, 0.3) is 5.91 Å². The number of nitrogens with two attached hydrogens (primary N) is 2. The first-order valence-electron chi connectivity index (χ1n) is 11.9. The maximum absolute atomic E-state index is 12.4. The lowest BCUT2D eigenvalue weighted by atomic mass is 9.97. The van der Waals surface area contributed by atoms with E-state index in [9.17, 15) is 43.3 Å². The SMILES string of the molecule is CC(=O)N(C(=O)C(C)O[C@@H]1[C@@H](N)[C@@H](O)O[C@H](CO)[C@H]1O)[C@@H](C)C(=O)O.N[C@H](CCC(=O)O)C(=O)O.O=P(O)(O)OP(=O)(O)O. The van der Waals surface area contributed by atoms with Gasteiger partial charge in [-0.25, -0.2) is 13.9 Å². The van der Waals surface area contributed by atoms with Crippen LogP contribution >= 0.6 is 15.6 Å². The van der Waals surface area contributed by atoms with E-state index in [4.69, 9.17) is 60.9 Å². The fourth-order valence-electron chi connectivity index (χ4n) is 3.03. The van der Waals surface area contributed by atoms with Gasteiger partial charge >= 0.3 is 33.6 Å². The quantitative estimate of drug-likeness (QED) is 0.0858. The van der Waals surface area contributed by atoms with Crippen molar-refractivity contribution < 1.29 is 97.1 Å². The van der Waals surface area contributed by atoms with Gasteiger partial charge < -0.3 is 71.2 Å². The van der Waals surface area contributed by atoms with E-state index in [0.29, 0.717) is 4.90 Å². The van der Waals surface area contributed by atoms with E-state index in [1.807, 2.05) is 0 Å². The van der Waals surface area contributed by atoms with Crippen LogP contribution in [0.4, 0.5) is 0 Å². The fourth-order valence-corrected chi connectivity index (χ4v) is 4.14. The Balaban J connectivity index is 0. The smallest absolute Gasteiger partial charge is 0.478 e. The monoisotopic (exact) mass is 689 g/mol. The number of aliphatic hydroxyl groups excluding tert-OH is 3. The Labute approximate surface area is 248 Å². The Bertz CT molecular complexity index is 1060. The summed E-state index contributed by atoms with van der Waals surface area (Å²) < 4.78 is 32.5. The van der Waals surface area contributed by atoms with Crippen molar-refractivity contribution in [3.05, 3.63) is 0 Å². The van der Waals surface area contributed by atoms with Crippen molar-refractivity contribution in [2.75, 3.05) is 6.61 Å². The largest absolute Gasteiger partial charge is 0.481 e. The summed E-state index contributed by atoms with van der Waals surface area (Å²) >= 11 is 0.